The third-order valence-electron chi connectivity index (χ3n) is 2.40. The van der Waals surface area contributed by atoms with Gasteiger partial charge in [-0.3, -0.25) is 0 Å². The Labute approximate surface area is 150 Å². The summed E-state index contributed by atoms with van der Waals surface area (Å²) in [5, 5.41) is 9.13. The molecule has 0 atom stereocenters. The predicted octanol–water partition coefficient (Wildman–Crippen LogP) is 4.10. The van der Waals surface area contributed by atoms with Gasteiger partial charge in [0, 0.05) is 0 Å². The Hall–Kier alpha value is 0.129. The summed E-state index contributed by atoms with van der Waals surface area (Å²) in [5.74, 6) is 0. The molecule has 0 unspecified atom stereocenters. The molecule has 3 nitrogen and oxygen atoms in total. The summed E-state index contributed by atoms with van der Waals surface area (Å²) in [4.78, 5) is 0. The summed E-state index contributed by atoms with van der Waals surface area (Å²) in [6.45, 7) is 10.0. The summed E-state index contributed by atoms with van der Waals surface area (Å²) in [6.07, 6.45) is 0. The molecule has 0 fully saturated rings. The zero-order valence-corrected chi connectivity index (χ0v) is 16.4. The van der Waals surface area contributed by atoms with Gasteiger partial charge in [0.2, 0.25) is 0 Å². The van der Waals surface area contributed by atoms with Gasteiger partial charge in [0.1, 0.15) is 0 Å². The van der Waals surface area contributed by atoms with Crippen molar-refractivity contribution in [3.05, 3.63) is 40.5 Å². The average Bonchev–Trinajstić information content (AvgIpc) is 2.37. The molecule has 1 rings (SSSR count). The molecule has 0 amide bonds. The maximum atomic E-state index is 8.22. The van der Waals surface area contributed by atoms with Crippen LogP contribution in [-0.4, -0.2) is 22.6 Å². The molecule has 0 N–H and O–H groups in total. The van der Waals surface area contributed by atoms with Crippen molar-refractivity contribution >= 4 is 30.9 Å². The molecule has 0 aliphatic carbocycles. The van der Waals surface area contributed by atoms with Crippen LogP contribution >= 0.6 is 0 Å². The summed E-state index contributed by atoms with van der Waals surface area (Å²) >= 11 is 11.5. The minimum atomic E-state index is -0.202. The fourth-order valence-electron chi connectivity index (χ4n) is 1.52. The van der Waals surface area contributed by atoms with Crippen molar-refractivity contribution in [3.8, 4) is 0 Å². The van der Waals surface area contributed by atoms with Crippen LogP contribution in [-0.2, 0) is 54.2 Å². The molecule has 0 aliphatic rings. The standard InChI is InChI=1S/C15H24N2S2.O.Tc/c1-14(2,18)10-16-9-12-7-5-6-8-13(12)17-11-15(3,4)19;;/h5-8,18-19H,9-11H2,1-4H3;;/q-2;;+5/p-2/i;;1+1. The fraction of sp³-hybridized carbons (Fsp3) is 0.600. The molecule has 1 aromatic rings. The van der Waals surface area contributed by atoms with Crippen molar-refractivity contribution in [3.63, 3.8) is 0 Å². The van der Waals surface area contributed by atoms with Gasteiger partial charge in [-0.2, -0.15) is 16.0 Å². The van der Waals surface area contributed by atoms with E-state index in [9.17, 15) is 0 Å². The fourth-order valence-corrected chi connectivity index (χ4v) is 1.68. The summed E-state index contributed by atoms with van der Waals surface area (Å²) < 4.78 is 7.85. The first kappa shape index (κ1) is 21.1. The second-order valence-corrected chi connectivity index (χ2v) is 8.21. The van der Waals surface area contributed by atoms with Gasteiger partial charge in [0.25, 0.3) is 0 Å². The van der Waals surface area contributed by atoms with Crippen LogP contribution in [0.2, 0.25) is 0 Å². The molecule has 1 aromatic carbocycles. The summed E-state index contributed by atoms with van der Waals surface area (Å²) in [7, 11) is 0. The monoisotopic (exact) mass is 409 g/mol. The Bertz CT molecular complexity index is 417. The molecule has 21 heavy (non-hydrogen) atoms. The van der Waals surface area contributed by atoms with Crippen molar-refractivity contribution in [2.45, 2.75) is 43.7 Å². The molecule has 116 valence electrons. The topological polar surface area (TPSA) is 45.3 Å². The molecule has 0 aromatic heterocycles. The van der Waals surface area contributed by atoms with Gasteiger partial charge in [-0.1, -0.05) is 57.5 Å². The van der Waals surface area contributed by atoms with Crippen LogP contribution in [0.3, 0.4) is 0 Å². The number of hydrogen-bond acceptors (Lipinski definition) is 3. The SMILES string of the molecule is CC(C)([S-])C[N-]Cc1ccccc1[N-]CC(C)(C)[S-].[O]=[99Tc+5]. The first-order chi connectivity index (χ1) is 9.67. The molecular weight excluding hydrogens is 387 g/mol. The summed E-state index contributed by atoms with van der Waals surface area (Å²) in [6, 6.07) is 8.09. The van der Waals surface area contributed by atoms with Crippen LogP contribution < -0.4 is 0 Å². The van der Waals surface area contributed by atoms with Crippen molar-refractivity contribution in [1.82, 2.24) is 0 Å². The summed E-state index contributed by atoms with van der Waals surface area (Å²) in [5.41, 5.74) is 2.13. The van der Waals surface area contributed by atoms with E-state index < -0.39 is 0 Å². The van der Waals surface area contributed by atoms with E-state index in [1.165, 1.54) is 0 Å². The predicted molar refractivity (Wildman–Crippen MR) is 89.8 cm³/mol. The molecule has 0 saturated heterocycles. The van der Waals surface area contributed by atoms with Gasteiger partial charge in [-0.25, -0.2) is 0 Å². The molecule has 0 saturated carbocycles. The Morgan fingerprint density at radius 1 is 1.00 bits per heavy atom. The van der Waals surface area contributed by atoms with Crippen molar-refractivity contribution in [2.75, 3.05) is 13.1 Å². The first-order valence-corrected chi connectivity index (χ1v) is 8.20. The third-order valence-corrected chi connectivity index (χ3v) is 2.65. The Morgan fingerprint density at radius 3 is 2.05 bits per heavy atom. The minimum absolute atomic E-state index is 0.172. The molecule has 0 aliphatic heterocycles. The second kappa shape index (κ2) is 10.0. The average molecular weight is 409 g/mol. The Kier molecular flexibility index (Phi) is 10.1. The van der Waals surface area contributed by atoms with Gasteiger partial charge in [-0.05, 0) is 0 Å². The molecule has 6 heteroatoms. The van der Waals surface area contributed by atoms with E-state index in [0.29, 0.717) is 19.6 Å². The van der Waals surface area contributed by atoms with Gasteiger partial charge in [0.05, 0.1) is 0 Å². The Balaban J connectivity index is 0.00000191. The molecule has 0 radical (unpaired) electrons. The number of hydrogen-bond donors (Lipinski definition) is 0. The second-order valence-electron chi connectivity index (χ2n) is 6.00. The van der Waals surface area contributed by atoms with Crippen molar-refractivity contribution < 1.29 is 22.4 Å². The normalized spacial score (nSPS) is 11.6. The van der Waals surface area contributed by atoms with Gasteiger partial charge >= 0.3 is 22.4 Å². The molecule has 0 bridgehead atoms. The zero-order chi connectivity index (χ0) is 16.5. The zero-order valence-electron chi connectivity index (χ0n) is 12.9. The Morgan fingerprint density at radius 2 is 1.52 bits per heavy atom. The molecular formula is C15H22N2OS2Tc+. The van der Waals surface area contributed by atoms with Crippen molar-refractivity contribution in [1.29, 1.82) is 0 Å². The third kappa shape index (κ3) is 11.4. The van der Waals surface area contributed by atoms with E-state index in [2.05, 4.69) is 16.7 Å². The van der Waals surface area contributed by atoms with E-state index in [0.717, 1.165) is 30.1 Å². The number of rotatable bonds is 7. The van der Waals surface area contributed by atoms with E-state index in [1.54, 1.807) is 0 Å². The van der Waals surface area contributed by atoms with E-state index in [4.69, 9.17) is 28.8 Å². The van der Waals surface area contributed by atoms with Gasteiger partial charge < -0.3 is 35.9 Å². The van der Waals surface area contributed by atoms with E-state index in [1.807, 2.05) is 45.9 Å². The van der Waals surface area contributed by atoms with E-state index in [-0.39, 0.29) is 9.49 Å². The van der Waals surface area contributed by atoms with Crippen LogP contribution in [0.4, 0.5) is 5.69 Å². The van der Waals surface area contributed by atoms with E-state index >= 15 is 0 Å². The first-order valence-electron chi connectivity index (χ1n) is 6.62. The van der Waals surface area contributed by atoms with Gasteiger partial charge in [-0.15, -0.1) is 18.8 Å². The number of nitrogens with zero attached hydrogens (tertiary/aromatic N) is 2. The van der Waals surface area contributed by atoms with Gasteiger partial charge in [0.15, 0.2) is 0 Å². The van der Waals surface area contributed by atoms with Crippen LogP contribution in [0.1, 0.15) is 33.3 Å². The van der Waals surface area contributed by atoms with Crippen LogP contribution in [0.25, 0.3) is 10.6 Å². The number of para-hydroxylation sites is 1. The molecule has 0 spiro atoms. The maximum absolute atomic E-state index is 8.22. The quantitative estimate of drug-likeness (QED) is 0.637. The van der Waals surface area contributed by atoms with Crippen LogP contribution in [0.15, 0.2) is 24.3 Å². The van der Waals surface area contributed by atoms with Crippen molar-refractivity contribution in [2.24, 2.45) is 0 Å². The van der Waals surface area contributed by atoms with Crippen LogP contribution in [0, 0.1) is 0 Å². The number of benzene rings is 1. The van der Waals surface area contributed by atoms with Crippen LogP contribution in [0.5, 0.6) is 0 Å². The molecule has 0 heterocycles.